The van der Waals surface area contributed by atoms with Crippen molar-refractivity contribution >= 4 is 12.0 Å². The Morgan fingerprint density at radius 2 is 2.00 bits per heavy atom. The van der Waals surface area contributed by atoms with Crippen LogP contribution in [-0.2, 0) is 0 Å². The Kier molecular flexibility index (Phi) is 3.56. The number of aldehydes is 1. The Morgan fingerprint density at radius 3 is 2.68 bits per heavy atom. The molecule has 2 fully saturated rings. The van der Waals surface area contributed by atoms with Crippen molar-refractivity contribution in [1.29, 1.82) is 0 Å². The van der Waals surface area contributed by atoms with Crippen LogP contribution in [0, 0.1) is 6.92 Å². The smallest absolute Gasteiger partial charge is 0.150 e. The molecule has 1 aromatic carbocycles. The van der Waals surface area contributed by atoms with Crippen molar-refractivity contribution in [2.75, 3.05) is 31.1 Å². The zero-order valence-electron chi connectivity index (χ0n) is 11.6. The minimum atomic E-state index is 0.730. The predicted octanol–water partition coefficient (Wildman–Crippen LogP) is 2.48. The van der Waals surface area contributed by atoms with Gasteiger partial charge in [-0.05, 0) is 63.0 Å². The lowest BCUT2D eigenvalue weighted by Crippen LogP contribution is -2.35. The fourth-order valence-electron chi connectivity index (χ4n) is 3.37. The van der Waals surface area contributed by atoms with Crippen LogP contribution in [-0.4, -0.2) is 43.4 Å². The van der Waals surface area contributed by atoms with Gasteiger partial charge in [0, 0.05) is 30.4 Å². The molecule has 2 aliphatic rings. The molecule has 0 spiro atoms. The van der Waals surface area contributed by atoms with E-state index in [-0.39, 0.29) is 0 Å². The van der Waals surface area contributed by atoms with Crippen molar-refractivity contribution in [1.82, 2.24) is 4.90 Å². The molecule has 0 aliphatic carbocycles. The normalized spacial score (nSPS) is 24.1. The first-order chi connectivity index (χ1) is 9.28. The van der Waals surface area contributed by atoms with Crippen molar-refractivity contribution in [2.24, 2.45) is 0 Å². The molecule has 3 rings (SSSR count). The summed E-state index contributed by atoms with van der Waals surface area (Å²) in [6.45, 7) is 6.85. The number of likely N-dealkylation sites (tertiary alicyclic amines) is 1. The van der Waals surface area contributed by atoms with Crippen LogP contribution < -0.4 is 4.90 Å². The molecule has 0 aromatic heterocycles. The van der Waals surface area contributed by atoms with Gasteiger partial charge in [-0.25, -0.2) is 0 Å². The highest BCUT2D eigenvalue weighted by atomic mass is 16.1. The van der Waals surface area contributed by atoms with Crippen molar-refractivity contribution in [2.45, 2.75) is 32.2 Å². The summed E-state index contributed by atoms with van der Waals surface area (Å²) in [4.78, 5) is 16.0. The number of aryl methyl sites for hydroxylation is 1. The zero-order chi connectivity index (χ0) is 13.2. The van der Waals surface area contributed by atoms with Crippen molar-refractivity contribution in [3.8, 4) is 0 Å². The SMILES string of the molecule is Cc1cc(N2CCC(N3CCCC3)C2)ccc1C=O. The molecule has 2 saturated heterocycles. The van der Waals surface area contributed by atoms with Crippen molar-refractivity contribution in [3.63, 3.8) is 0 Å². The number of hydrogen-bond acceptors (Lipinski definition) is 3. The number of carbonyl (C=O) groups is 1. The summed E-state index contributed by atoms with van der Waals surface area (Å²) in [6, 6.07) is 6.91. The van der Waals surface area contributed by atoms with Crippen LogP contribution in [0.3, 0.4) is 0 Å². The number of hydrogen-bond donors (Lipinski definition) is 0. The third-order valence-electron chi connectivity index (χ3n) is 4.57. The number of nitrogens with zero attached hydrogens (tertiary/aromatic N) is 2. The molecule has 102 valence electrons. The van der Waals surface area contributed by atoms with E-state index in [1.807, 2.05) is 13.0 Å². The summed E-state index contributed by atoms with van der Waals surface area (Å²) in [5.41, 5.74) is 3.15. The largest absolute Gasteiger partial charge is 0.370 e. The molecule has 0 amide bonds. The minimum Gasteiger partial charge on any atom is -0.370 e. The van der Waals surface area contributed by atoms with Crippen LogP contribution in [0.4, 0.5) is 5.69 Å². The summed E-state index contributed by atoms with van der Waals surface area (Å²) in [5, 5.41) is 0. The Bertz CT molecular complexity index is 466. The number of carbonyl (C=O) groups excluding carboxylic acids is 1. The lowest BCUT2D eigenvalue weighted by Gasteiger charge is -2.24. The average molecular weight is 258 g/mol. The summed E-state index contributed by atoms with van der Waals surface area (Å²) in [7, 11) is 0. The molecule has 2 heterocycles. The Hall–Kier alpha value is -1.35. The highest BCUT2D eigenvalue weighted by Crippen LogP contribution is 2.26. The van der Waals surface area contributed by atoms with Gasteiger partial charge in [-0.2, -0.15) is 0 Å². The molecular formula is C16H22N2O. The van der Waals surface area contributed by atoms with Crippen LogP contribution >= 0.6 is 0 Å². The zero-order valence-corrected chi connectivity index (χ0v) is 11.6. The number of rotatable bonds is 3. The maximum absolute atomic E-state index is 10.9. The van der Waals surface area contributed by atoms with Gasteiger partial charge < -0.3 is 4.90 Å². The van der Waals surface area contributed by atoms with E-state index in [0.29, 0.717) is 0 Å². The van der Waals surface area contributed by atoms with Crippen molar-refractivity contribution < 1.29 is 4.79 Å². The Balaban J connectivity index is 1.70. The van der Waals surface area contributed by atoms with E-state index in [4.69, 9.17) is 0 Å². The highest BCUT2D eigenvalue weighted by molar-refractivity contribution is 5.78. The molecule has 0 N–H and O–H groups in total. The minimum absolute atomic E-state index is 0.730. The second-order valence-electron chi connectivity index (χ2n) is 5.79. The van der Waals surface area contributed by atoms with Crippen LogP contribution in [0.2, 0.25) is 0 Å². The fourth-order valence-corrected chi connectivity index (χ4v) is 3.37. The quantitative estimate of drug-likeness (QED) is 0.778. The van der Waals surface area contributed by atoms with E-state index in [1.54, 1.807) is 0 Å². The fraction of sp³-hybridized carbons (Fsp3) is 0.562. The molecule has 2 aliphatic heterocycles. The molecule has 0 radical (unpaired) electrons. The van der Waals surface area contributed by atoms with E-state index >= 15 is 0 Å². The van der Waals surface area contributed by atoms with Crippen LogP contribution in [0.15, 0.2) is 18.2 Å². The highest BCUT2D eigenvalue weighted by Gasteiger charge is 2.29. The molecule has 0 bridgehead atoms. The summed E-state index contributed by atoms with van der Waals surface area (Å²) in [6.07, 6.45) is 4.94. The van der Waals surface area contributed by atoms with Gasteiger partial charge in [0.25, 0.3) is 0 Å². The summed E-state index contributed by atoms with van der Waals surface area (Å²) in [5.74, 6) is 0. The molecular weight excluding hydrogens is 236 g/mol. The van der Waals surface area contributed by atoms with Crippen LogP contribution in [0.25, 0.3) is 0 Å². The van der Waals surface area contributed by atoms with Gasteiger partial charge in [-0.1, -0.05) is 0 Å². The molecule has 1 aromatic rings. The van der Waals surface area contributed by atoms with Crippen LogP contribution in [0.1, 0.15) is 35.2 Å². The first-order valence-electron chi connectivity index (χ1n) is 7.33. The van der Waals surface area contributed by atoms with E-state index < -0.39 is 0 Å². The summed E-state index contributed by atoms with van der Waals surface area (Å²) < 4.78 is 0. The number of anilines is 1. The van der Waals surface area contributed by atoms with E-state index in [2.05, 4.69) is 21.9 Å². The predicted molar refractivity (Wildman–Crippen MR) is 78.0 cm³/mol. The van der Waals surface area contributed by atoms with Gasteiger partial charge in [0.2, 0.25) is 0 Å². The van der Waals surface area contributed by atoms with Crippen molar-refractivity contribution in [3.05, 3.63) is 29.3 Å². The van der Waals surface area contributed by atoms with Gasteiger partial charge in [-0.15, -0.1) is 0 Å². The first-order valence-corrected chi connectivity index (χ1v) is 7.33. The maximum Gasteiger partial charge on any atom is 0.150 e. The van der Waals surface area contributed by atoms with E-state index in [1.165, 1.54) is 38.0 Å². The molecule has 1 unspecified atom stereocenters. The van der Waals surface area contributed by atoms with Gasteiger partial charge in [0.15, 0.2) is 0 Å². The standard InChI is InChI=1S/C16H22N2O/c1-13-10-15(5-4-14(13)12-19)18-9-6-16(11-18)17-7-2-3-8-17/h4-5,10,12,16H,2-3,6-9,11H2,1H3. The van der Waals surface area contributed by atoms with Gasteiger partial charge in [-0.3, -0.25) is 9.69 Å². The van der Waals surface area contributed by atoms with E-state index in [9.17, 15) is 4.79 Å². The Morgan fingerprint density at radius 1 is 1.21 bits per heavy atom. The Labute approximate surface area is 115 Å². The second-order valence-corrected chi connectivity index (χ2v) is 5.79. The lowest BCUT2D eigenvalue weighted by atomic mass is 10.1. The molecule has 19 heavy (non-hydrogen) atoms. The van der Waals surface area contributed by atoms with Gasteiger partial charge in [0.1, 0.15) is 6.29 Å². The van der Waals surface area contributed by atoms with Gasteiger partial charge >= 0.3 is 0 Å². The maximum atomic E-state index is 10.9. The molecule has 0 saturated carbocycles. The molecule has 1 atom stereocenters. The molecule has 3 heteroatoms. The lowest BCUT2D eigenvalue weighted by molar-refractivity contribution is 0.112. The molecule has 3 nitrogen and oxygen atoms in total. The third kappa shape index (κ3) is 2.52. The number of benzene rings is 1. The van der Waals surface area contributed by atoms with Gasteiger partial charge in [0.05, 0.1) is 0 Å². The van der Waals surface area contributed by atoms with Crippen LogP contribution in [0.5, 0.6) is 0 Å². The summed E-state index contributed by atoms with van der Waals surface area (Å²) >= 11 is 0. The third-order valence-corrected chi connectivity index (χ3v) is 4.57. The average Bonchev–Trinajstić information content (AvgIpc) is 3.09. The second kappa shape index (κ2) is 5.33. The first kappa shape index (κ1) is 12.7. The van der Waals surface area contributed by atoms with E-state index in [0.717, 1.165) is 36.5 Å². The monoisotopic (exact) mass is 258 g/mol. The topological polar surface area (TPSA) is 23.6 Å².